The van der Waals surface area contributed by atoms with Crippen LogP contribution >= 0.6 is 0 Å². The summed E-state index contributed by atoms with van der Waals surface area (Å²) < 4.78 is 0. The molecular weight excluding hydrogens is 382 g/mol. The number of nitrogens with one attached hydrogen (secondary N) is 1. The molecule has 4 heteroatoms. The van der Waals surface area contributed by atoms with E-state index in [1.54, 1.807) is 0 Å². The molecule has 31 heavy (non-hydrogen) atoms. The Morgan fingerprint density at radius 2 is 1.39 bits per heavy atom. The Morgan fingerprint density at radius 1 is 0.806 bits per heavy atom. The van der Waals surface area contributed by atoms with Crippen LogP contribution in [0, 0.1) is 12.8 Å². The molecule has 1 unspecified atom stereocenters. The quantitative estimate of drug-likeness (QED) is 0.717. The second kappa shape index (κ2) is 10.9. The number of aryl methyl sites for hydroxylation is 1. The number of nitrogens with zero attached hydrogens (tertiary/aromatic N) is 2. The highest BCUT2D eigenvalue weighted by molar-refractivity contribution is 5.79. The lowest BCUT2D eigenvalue weighted by atomic mass is 9.96. The van der Waals surface area contributed by atoms with Gasteiger partial charge in [-0.05, 0) is 68.9 Å². The van der Waals surface area contributed by atoms with Crippen molar-refractivity contribution in [1.29, 1.82) is 0 Å². The predicted octanol–water partition coefficient (Wildman–Crippen LogP) is 4.51. The average molecular weight is 420 g/mol. The highest BCUT2D eigenvalue weighted by Gasteiger charge is 2.25. The fourth-order valence-electron chi connectivity index (χ4n) is 4.84. The van der Waals surface area contributed by atoms with E-state index in [9.17, 15) is 4.79 Å². The molecule has 0 saturated carbocycles. The molecule has 0 radical (unpaired) electrons. The highest BCUT2D eigenvalue weighted by Crippen LogP contribution is 2.19. The summed E-state index contributed by atoms with van der Waals surface area (Å²) in [5, 5.41) is 3.19. The molecule has 2 aliphatic heterocycles. The molecule has 1 N–H and O–H groups in total. The molecule has 2 aromatic rings. The normalized spacial score (nSPS) is 20.5. The van der Waals surface area contributed by atoms with Gasteiger partial charge in [0.15, 0.2) is 0 Å². The minimum absolute atomic E-state index is 0.0950. The maximum Gasteiger partial charge on any atom is 0.224 e. The summed E-state index contributed by atoms with van der Waals surface area (Å²) in [5.74, 6) is 0.295. The van der Waals surface area contributed by atoms with Gasteiger partial charge in [-0.1, -0.05) is 60.5 Å². The summed E-state index contributed by atoms with van der Waals surface area (Å²) in [5.41, 5.74) is 5.18. The lowest BCUT2D eigenvalue weighted by Crippen LogP contribution is -2.42. The zero-order valence-corrected chi connectivity index (χ0v) is 19.0. The molecule has 166 valence electrons. The first-order valence-electron chi connectivity index (χ1n) is 12.0. The second-order valence-corrected chi connectivity index (χ2v) is 9.43. The van der Waals surface area contributed by atoms with Gasteiger partial charge in [-0.15, -0.1) is 0 Å². The van der Waals surface area contributed by atoms with E-state index in [-0.39, 0.29) is 11.8 Å². The van der Waals surface area contributed by atoms with Crippen LogP contribution in [0.25, 0.3) is 0 Å². The smallest absolute Gasteiger partial charge is 0.224 e. The van der Waals surface area contributed by atoms with Crippen LogP contribution < -0.4 is 5.32 Å². The van der Waals surface area contributed by atoms with Crippen molar-refractivity contribution in [3.8, 4) is 0 Å². The van der Waals surface area contributed by atoms with Crippen molar-refractivity contribution in [2.75, 3.05) is 26.2 Å². The third kappa shape index (κ3) is 6.65. The highest BCUT2D eigenvalue weighted by atomic mass is 16.1. The summed E-state index contributed by atoms with van der Waals surface area (Å²) in [6.07, 6.45) is 6.11. The predicted molar refractivity (Wildman–Crippen MR) is 127 cm³/mol. The topological polar surface area (TPSA) is 35.6 Å². The van der Waals surface area contributed by atoms with Crippen LogP contribution in [0.1, 0.15) is 54.4 Å². The molecule has 4 nitrogen and oxygen atoms in total. The van der Waals surface area contributed by atoms with Crippen molar-refractivity contribution in [3.63, 3.8) is 0 Å². The SMILES string of the molecule is Cc1ccc(CN2CCCC(C(=O)NCc3ccc(CN4CCCCC4)cc3)C2)cc1. The molecule has 1 amide bonds. The number of hydrogen-bond donors (Lipinski definition) is 1. The van der Waals surface area contributed by atoms with Crippen molar-refractivity contribution in [1.82, 2.24) is 15.1 Å². The Morgan fingerprint density at radius 3 is 2.10 bits per heavy atom. The van der Waals surface area contributed by atoms with Gasteiger partial charge < -0.3 is 5.32 Å². The minimum Gasteiger partial charge on any atom is -0.352 e. The van der Waals surface area contributed by atoms with Gasteiger partial charge in [0, 0.05) is 26.2 Å². The molecule has 0 aromatic heterocycles. The fourth-order valence-corrected chi connectivity index (χ4v) is 4.84. The molecule has 2 aliphatic rings. The van der Waals surface area contributed by atoms with Crippen LogP contribution in [-0.4, -0.2) is 41.9 Å². The van der Waals surface area contributed by atoms with Crippen LogP contribution in [-0.2, 0) is 24.4 Å². The number of hydrogen-bond acceptors (Lipinski definition) is 3. The molecule has 1 atom stereocenters. The van der Waals surface area contributed by atoms with Crippen LogP contribution in [0.4, 0.5) is 0 Å². The average Bonchev–Trinajstić information content (AvgIpc) is 2.81. The Balaban J connectivity index is 1.22. The first-order chi connectivity index (χ1) is 15.2. The van der Waals surface area contributed by atoms with Crippen LogP contribution in [0.5, 0.6) is 0 Å². The minimum atomic E-state index is 0.0950. The third-order valence-corrected chi connectivity index (χ3v) is 6.75. The van der Waals surface area contributed by atoms with Crippen molar-refractivity contribution in [2.24, 2.45) is 5.92 Å². The Bertz CT molecular complexity index is 825. The van der Waals surface area contributed by atoms with Crippen molar-refractivity contribution in [2.45, 2.75) is 58.7 Å². The van der Waals surface area contributed by atoms with Gasteiger partial charge in [0.2, 0.25) is 5.91 Å². The van der Waals surface area contributed by atoms with Crippen molar-refractivity contribution >= 4 is 5.91 Å². The monoisotopic (exact) mass is 419 g/mol. The van der Waals surface area contributed by atoms with Crippen LogP contribution in [0.2, 0.25) is 0 Å². The summed E-state index contributed by atoms with van der Waals surface area (Å²) in [6, 6.07) is 17.5. The molecule has 0 aliphatic carbocycles. The number of benzene rings is 2. The molecule has 2 saturated heterocycles. The van der Waals surface area contributed by atoms with Crippen LogP contribution in [0.3, 0.4) is 0 Å². The van der Waals surface area contributed by atoms with Gasteiger partial charge in [-0.25, -0.2) is 0 Å². The Hall–Kier alpha value is -2.17. The van der Waals surface area contributed by atoms with E-state index in [1.807, 2.05) is 0 Å². The largest absolute Gasteiger partial charge is 0.352 e. The number of amides is 1. The van der Waals surface area contributed by atoms with E-state index in [2.05, 4.69) is 70.6 Å². The van der Waals surface area contributed by atoms with Crippen molar-refractivity contribution < 1.29 is 4.79 Å². The van der Waals surface area contributed by atoms with Gasteiger partial charge in [0.25, 0.3) is 0 Å². The molecular formula is C27H37N3O. The lowest BCUT2D eigenvalue weighted by Gasteiger charge is -2.32. The maximum absolute atomic E-state index is 12.8. The molecule has 2 heterocycles. The summed E-state index contributed by atoms with van der Waals surface area (Å²) >= 11 is 0. The van der Waals surface area contributed by atoms with Gasteiger partial charge in [-0.3, -0.25) is 14.6 Å². The first kappa shape index (κ1) is 22.0. The Kier molecular flexibility index (Phi) is 7.76. The zero-order valence-electron chi connectivity index (χ0n) is 19.0. The van der Waals surface area contributed by atoms with E-state index in [1.165, 1.54) is 54.6 Å². The molecule has 0 bridgehead atoms. The third-order valence-electron chi connectivity index (χ3n) is 6.75. The van der Waals surface area contributed by atoms with E-state index in [4.69, 9.17) is 0 Å². The second-order valence-electron chi connectivity index (χ2n) is 9.43. The molecule has 4 rings (SSSR count). The van der Waals surface area contributed by atoms with E-state index >= 15 is 0 Å². The van der Waals surface area contributed by atoms with Gasteiger partial charge >= 0.3 is 0 Å². The number of carbonyl (C=O) groups is 1. The number of likely N-dealkylation sites (tertiary alicyclic amines) is 2. The van der Waals surface area contributed by atoms with Crippen LogP contribution in [0.15, 0.2) is 48.5 Å². The molecule has 2 aromatic carbocycles. The zero-order chi connectivity index (χ0) is 21.5. The standard InChI is InChI=1S/C27H37N3O/c1-22-7-9-24(10-8-22)20-30-17-5-6-26(21-30)27(31)28-18-23-11-13-25(14-12-23)19-29-15-3-2-4-16-29/h7-14,26H,2-6,15-21H2,1H3,(H,28,31). The van der Waals surface area contributed by atoms with E-state index < -0.39 is 0 Å². The summed E-state index contributed by atoms with van der Waals surface area (Å²) in [6.45, 7) is 9.10. The first-order valence-corrected chi connectivity index (χ1v) is 12.0. The lowest BCUT2D eigenvalue weighted by molar-refractivity contribution is -0.126. The maximum atomic E-state index is 12.8. The molecule has 2 fully saturated rings. The Labute approximate surface area is 187 Å². The van der Waals surface area contributed by atoms with E-state index in [0.29, 0.717) is 6.54 Å². The number of carbonyl (C=O) groups excluding carboxylic acids is 1. The molecule has 0 spiro atoms. The van der Waals surface area contributed by atoms with E-state index in [0.717, 1.165) is 39.0 Å². The number of rotatable bonds is 7. The van der Waals surface area contributed by atoms with Gasteiger partial charge in [0.05, 0.1) is 5.92 Å². The van der Waals surface area contributed by atoms with Gasteiger partial charge in [0.1, 0.15) is 0 Å². The summed E-state index contributed by atoms with van der Waals surface area (Å²) in [7, 11) is 0. The van der Waals surface area contributed by atoms with Crippen molar-refractivity contribution in [3.05, 3.63) is 70.8 Å². The fraction of sp³-hybridized carbons (Fsp3) is 0.519. The summed E-state index contributed by atoms with van der Waals surface area (Å²) in [4.78, 5) is 17.8. The van der Waals surface area contributed by atoms with Gasteiger partial charge in [-0.2, -0.15) is 0 Å². The number of piperidine rings is 2.